The van der Waals surface area contributed by atoms with E-state index in [0.29, 0.717) is 0 Å². The molecule has 1 heterocycles. The first-order chi connectivity index (χ1) is 20.9. The third-order valence-electron chi connectivity index (χ3n) is 8.78. The second kappa shape index (κ2) is 11.7. The third kappa shape index (κ3) is 4.93. The van der Waals surface area contributed by atoms with E-state index >= 15 is 0 Å². The van der Waals surface area contributed by atoms with Crippen molar-refractivity contribution in [2.45, 2.75) is 69.4 Å². The van der Waals surface area contributed by atoms with Gasteiger partial charge in [-0.15, -0.1) is 12.8 Å². The largest absolute Gasteiger partial charge is 0.507 e. The molecular formula is C33H33NO10. The zero-order valence-corrected chi connectivity index (χ0v) is 24.5. The number of terminal acetylenes is 2. The normalized spacial score (nSPS) is 27.5. The zero-order chi connectivity index (χ0) is 32.1. The van der Waals surface area contributed by atoms with Crippen LogP contribution in [0.5, 0.6) is 17.2 Å². The Labute approximate surface area is 254 Å². The molecule has 1 saturated heterocycles. The predicted molar refractivity (Wildman–Crippen MR) is 155 cm³/mol. The fraction of sp³-hybridized carbons (Fsp3) is 0.424. The van der Waals surface area contributed by atoms with Gasteiger partial charge in [0.15, 0.2) is 17.9 Å². The van der Waals surface area contributed by atoms with Crippen molar-refractivity contribution in [1.29, 1.82) is 0 Å². The lowest BCUT2D eigenvalue weighted by Gasteiger charge is -2.44. The lowest BCUT2D eigenvalue weighted by molar-refractivity contribution is -0.257. The molecule has 2 aliphatic carbocycles. The second-order valence-electron chi connectivity index (χ2n) is 11.4. The summed E-state index contributed by atoms with van der Waals surface area (Å²) in [4.78, 5) is 41.8. The molecule has 230 valence electrons. The number of methoxy groups -OCH3 is 1. The number of fused-ring (bicyclic) bond motifs is 3. The first-order valence-electron chi connectivity index (χ1n) is 14.1. The SMILES string of the molecule is C#CCN(CC#C)[C@H]1C[C@H](O[C@H]2C[C@](O)(C(C)=O)Cc3c(O)c4c(c(O)c32)C(=O)c2c(OC)cccc2C4=O)O[C@@H](C)[C@H]1O. The van der Waals surface area contributed by atoms with Gasteiger partial charge < -0.3 is 34.6 Å². The van der Waals surface area contributed by atoms with Gasteiger partial charge in [-0.25, -0.2) is 0 Å². The van der Waals surface area contributed by atoms with Crippen molar-refractivity contribution in [3.63, 3.8) is 0 Å². The molecule has 11 nitrogen and oxygen atoms in total. The average molecular weight is 604 g/mol. The number of rotatable bonds is 7. The maximum atomic E-state index is 13.8. The Hall–Kier alpha value is -4.23. The monoisotopic (exact) mass is 603 g/mol. The van der Waals surface area contributed by atoms with Gasteiger partial charge in [0.2, 0.25) is 5.78 Å². The first kappa shape index (κ1) is 31.2. The van der Waals surface area contributed by atoms with Crippen molar-refractivity contribution in [3.05, 3.63) is 51.6 Å². The summed E-state index contributed by atoms with van der Waals surface area (Å²) in [6, 6.07) is 3.84. The molecule has 2 aromatic rings. The van der Waals surface area contributed by atoms with Crippen LogP contribution in [0, 0.1) is 24.7 Å². The van der Waals surface area contributed by atoms with Crippen LogP contribution >= 0.6 is 0 Å². The quantitative estimate of drug-likeness (QED) is 0.229. The first-order valence-corrected chi connectivity index (χ1v) is 14.1. The average Bonchev–Trinajstić information content (AvgIpc) is 2.98. The van der Waals surface area contributed by atoms with Gasteiger partial charge in [-0.2, -0.15) is 0 Å². The molecule has 3 aliphatic rings. The van der Waals surface area contributed by atoms with Gasteiger partial charge in [-0.3, -0.25) is 19.3 Å². The van der Waals surface area contributed by atoms with Gasteiger partial charge >= 0.3 is 0 Å². The summed E-state index contributed by atoms with van der Waals surface area (Å²) in [5.74, 6) is 1.76. The van der Waals surface area contributed by atoms with Crippen LogP contribution in [-0.4, -0.2) is 93.0 Å². The summed E-state index contributed by atoms with van der Waals surface area (Å²) in [5.41, 5.74) is -3.19. The van der Waals surface area contributed by atoms with Crippen LogP contribution in [0.25, 0.3) is 0 Å². The molecule has 0 aromatic heterocycles. The smallest absolute Gasteiger partial charge is 0.202 e. The maximum absolute atomic E-state index is 13.8. The van der Waals surface area contributed by atoms with E-state index < -0.39 is 82.6 Å². The number of hydrogen-bond acceptors (Lipinski definition) is 11. The summed E-state index contributed by atoms with van der Waals surface area (Å²) in [7, 11) is 1.34. The van der Waals surface area contributed by atoms with E-state index in [4.69, 9.17) is 27.1 Å². The van der Waals surface area contributed by atoms with Gasteiger partial charge in [0.25, 0.3) is 0 Å². The topological polar surface area (TPSA) is 163 Å². The Morgan fingerprint density at radius 3 is 2.39 bits per heavy atom. The molecule has 2 aromatic carbocycles. The van der Waals surface area contributed by atoms with E-state index in [1.54, 1.807) is 11.8 Å². The van der Waals surface area contributed by atoms with Crippen LogP contribution in [0.2, 0.25) is 0 Å². The highest BCUT2D eigenvalue weighted by atomic mass is 16.7. The van der Waals surface area contributed by atoms with E-state index in [-0.39, 0.29) is 53.9 Å². The fourth-order valence-electron chi connectivity index (χ4n) is 6.49. The molecule has 11 heteroatoms. The Kier molecular flexibility index (Phi) is 8.29. The number of benzene rings is 2. The van der Waals surface area contributed by atoms with E-state index in [0.717, 1.165) is 0 Å². The van der Waals surface area contributed by atoms with Crippen molar-refractivity contribution in [2.24, 2.45) is 0 Å². The molecule has 0 amide bonds. The van der Waals surface area contributed by atoms with Crippen LogP contribution in [0.1, 0.15) is 75.8 Å². The highest BCUT2D eigenvalue weighted by molar-refractivity contribution is 6.31. The molecule has 4 N–H and O–H groups in total. The number of carbonyl (C=O) groups is 3. The van der Waals surface area contributed by atoms with Crippen LogP contribution in [-0.2, 0) is 20.7 Å². The number of Topliss-reactive ketones (excluding diaryl/α,β-unsaturated/α-hetero) is 1. The molecule has 5 rings (SSSR count). The summed E-state index contributed by atoms with van der Waals surface area (Å²) in [5, 5.41) is 45.5. The maximum Gasteiger partial charge on any atom is 0.202 e. The molecule has 0 saturated carbocycles. The Morgan fingerprint density at radius 2 is 1.77 bits per heavy atom. The Balaban J connectivity index is 1.62. The van der Waals surface area contributed by atoms with Gasteiger partial charge in [-0.1, -0.05) is 24.0 Å². The third-order valence-corrected chi connectivity index (χ3v) is 8.78. The van der Waals surface area contributed by atoms with Gasteiger partial charge in [0.05, 0.1) is 55.2 Å². The number of hydrogen-bond donors (Lipinski definition) is 4. The molecule has 1 aliphatic heterocycles. The summed E-state index contributed by atoms with van der Waals surface area (Å²) in [6.45, 7) is 3.09. The predicted octanol–water partition coefficient (Wildman–Crippen LogP) is 1.64. The molecule has 0 spiro atoms. The van der Waals surface area contributed by atoms with Crippen molar-refractivity contribution < 1.29 is 49.0 Å². The van der Waals surface area contributed by atoms with Crippen LogP contribution < -0.4 is 4.74 Å². The standard InChI is InChI=1S/C33H33NO10/c1-6-11-34(12-7-2)20-13-23(43-16(3)28(20)36)44-22-15-33(41,17(4)35)14-19-25(22)32(40)27-26(30(19)38)29(37)18-9-8-10-21(42-5)24(18)31(27)39/h1-2,8-10,16,20,22-23,28,36,38,40-41H,11-15H2,3-5H3/t16-,20-,22-,23-,28+,33-/m0/s1. The minimum atomic E-state index is -2.04. The molecule has 0 unspecified atom stereocenters. The fourth-order valence-corrected chi connectivity index (χ4v) is 6.49. The van der Waals surface area contributed by atoms with Crippen molar-refractivity contribution in [3.8, 4) is 41.9 Å². The highest BCUT2D eigenvalue weighted by Crippen LogP contribution is 2.52. The van der Waals surface area contributed by atoms with E-state index in [9.17, 15) is 34.8 Å². The number of ketones is 3. The highest BCUT2D eigenvalue weighted by Gasteiger charge is 2.49. The van der Waals surface area contributed by atoms with E-state index in [1.807, 2.05) is 0 Å². The lowest BCUT2D eigenvalue weighted by atomic mass is 9.72. The van der Waals surface area contributed by atoms with Crippen molar-refractivity contribution >= 4 is 17.3 Å². The summed E-state index contributed by atoms with van der Waals surface area (Å²) >= 11 is 0. The van der Waals surface area contributed by atoms with Crippen LogP contribution in [0.3, 0.4) is 0 Å². The number of aromatic hydroxyl groups is 2. The van der Waals surface area contributed by atoms with Gasteiger partial charge in [0.1, 0.15) is 22.8 Å². The van der Waals surface area contributed by atoms with Gasteiger partial charge in [0, 0.05) is 42.0 Å². The summed E-state index contributed by atoms with van der Waals surface area (Å²) < 4.78 is 17.5. The molecule has 0 bridgehead atoms. The van der Waals surface area contributed by atoms with E-state index in [1.165, 1.54) is 32.2 Å². The Morgan fingerprint density at radius 1 is 1.11 bits per heavy atom. The minimum Gasteiger partial charge on any atom is -0.507 e. The lowest BCUT2D eigenvalue weighted by Crippen LogP contribution is -2.56. The van der Waals surface area contributed by atoms with Crippen molar-refractivity contribution in [2.75, 3.05) is 20.2 Å². The van der Waals surface area contributed by atoms with E-state index in [2.05, 4.69) is 11.8 Å². The molecule has 44 heavy (non-hydrogen) atoms. The second-order valence-corrected chi connectivity index (χ2v) is 11.4. The number of nitrogens with zero attached hydrogens (tertiary/aromatic N) is 1. The summed E-state index contributed by atoms with van der Waals surface area (Å²) in [6.07, 6.45) is 6.24. The number of aliphatic hydroxyl groups is 2. The van der Waals surface area contributed by atoms with Gasteiger partial charge in [-0.05, 0) is 19.9 Å². The van der Waals surface area contributed by atoms with Crippen LogP contribution in [0.4, 0.5) is 0 Å². The number of carbonyl (C=O) groups excluding carboxylic acids is 3. The Bertz CT molecular complexity index is 1620. The number of ether oxygens (including phenoxy) is 3. The number of phenolic OH excluding ortho intramolecular Hbond substituents is 2. The molecule has 6 atom stereocenters. The number of aliphatic hydroxyl groups excluding tert-OH is 1. The zero-order valence-electron chi connectivity index (χ0n) is 24.5. The minimum absolute atomic E-state index is 0.0281. The molecular weight excluding hydrogens is 570 g/mol. The van der Waals surface area contributed by atoms with Crippen molar-refractivity contribution in [1.82, 2.24) is 4.90 Å². The number of phenols is 2. The molecule has 1 fully saturated rings. The van der Waals surface area contributed by atoms with Crippen LogP contribution in [0.15, 0.2) is 18.2 Å². The molecule has 0 radical (unpaired) electrons.